The fourth-order valence-corrected chi connectivity index (χ4v) is 3.28. The van der Waals surface area contributed by atoms with Crippen LogP contribution in [-0.2, 0) is 13.6 Å². The Labute approximate surface area is 145 Å². The van der Waals surface area contributed by atoms with E-state index in [2.05, 4.69) is 15.2 Å². The SMILES string of the molecule is Cn1cncc1CN1CCC(CNC(=O)c2c(F)cccc2Cl)C1. The van der Waals surface area contributed by atoms with Crippen LogP contribution >= 0.6 is 11.6 Å². The van der Waals surface area contributed by atoms with Crippen molar-refractivity contribution in [2.24, 2.45) is 13.0 Å². The van der Waals surface area contributed by atoms with E-state index in [0.717, 1.165) is 31.7 Å². The first-order valence-electron chi connectivity index (χ1n) is 7.94. The highest BCUT2D eigenvalue weighted by atomic mass is 35.5. The Balaban J connectivity index is 1.51. The molecule has 1 aliphatic rings. The molecule has 7 heteroatoms. The van der Waals surface area contributed by atoms with E-state index in [0.29, 0.717) is 12.5 Å². The molecule has 1 N–H and O–H groups in total. The second-order valence-corrected chi connectivity index (χ2v) is 6.60. The first-order valence-corrected chi connectivity index (χ1v) is 8.32. The first kappa shape index (κ1) is 16.9. The lowest BCUT2D eigenvalue weighted by Crippen LogP contribution is -2.31. The number of nitrogens with one attached hydrogen (secondary N) is 1. The summed E-state index contributed by atoms with van der Waals surface area (Å²) in [5.74, 6) is -0.694. The molecule has 2 aromatic rings. The Morgan fingerprint density at radius 3 is 3.04 bits per heavy atom. The summed E-state index contributed by atoms with van der Waals surface area (Å²) < 4.78 is 15.8. The van der Waals surface area contributed by atoms with Gasteiger partial charge < -0.3 is 9.88 Å². The highest BCUT2D eigenvalue weighted by Crippen LogP contribution is 2.20. The van der Waals surface area contributed by atoms with Crippen LogP contribution in [0.25, 0.3) is 0 Å². The van der Waals surface area contributed by atoms with Gasteiger partial charge in [-0.05, 0) is 31.0 Å². The number of imidazole rings is 1. The molecular weight excluding hydrogens is 331 g/mol. The Morgan fingerprint density at radius 1 is 1.50 bits per heavy atom. The number of benzene rings is 1. The van der Waals surface area contributed by atoms with E-state index >= 15 is 0 Å². The number of aromatic nitrogens is 2. The van der Waals surface area contributed by atoms with Gasteiger partial charge in [0.15, 0.2) is 0 Å². The monoisotopic (exact) mass is 350 g/mol. The van der Waals surface area contributed by atoms with E-state index in [4.69, 9.17) is 11.6 Å². The van der Waals surface area contributed by atoms with E-state index in [9.17, 15) is 9.18 Å². The summed E-state index contributed by atoms with van der Waals surface area (Å²) in [5, 5.41) is 2.94. The molecule has 1 amide bonds. The predicted molar refractivity (Wildman–Crippen MR) is 90.3 cm³/mol. The average molecular weight is 351 g/mol. The number of rotatable bonds is 5. The van der Waals surface area contributed by atoms with Gasteiger partial charge in [-0.1, -0.05) is 17.7 Å². The zero-order chi connectivity index (χ0) is 17.1. The van der Waals surface area contributed by atoms with Gasteiger partial charge in [0.25, 0.3) is 5.91 Å². The molecular formula is C17H20ClFN4O. The summed E-state index contributed by atoms with van der Waals surface area (Å²) in [4.78, 5) is 18.6. The van der Waals surface area contributed by atoms with Crippen molar-refractivity contribution in [2.75, 3.05) is 19.6 Å². The Morgan fingerprint density at radius 2 is 2.33 bits per heavy atom. The van der Waals surface area contributed by atoms with E-state index in [1.807, 2.05) is 17.8 Å². The lowest BCUT2D eigenvalue weighted by molar-refractivity contribution is 0.0943. The van der Waals surface area contributed by atoms with E-state index in [1.54, 1.807) is 6.33 Å². The highest BCUT2D eigenvalue weighted by molar-refractivity contribution is 6.33. The molecule has 0 radical (unpaired) electrons. The number of hydrogen-bond acceptors (Lipinski definition) is 3. The molecule has 1 fully saturated rings. The normalized spacial score (nSPS) is 18.0. The van der Waals surface area contributed by atoms with Gasteiger partial charge in [-0.2, -0.15) is 0 Å². The standard InChI is InChI=1S/C17H20ClFN4O/c1-22-11-20-8-13(22)10-23-6-5-12(9-23)7-21-17(24)16-14(18)3-2-4-15(16)19/h2-4,8,11-12H,5-7,9-10H2,1H3,(H,21,24). The lowest BCUT2D eigenvalue weighted by Gasteiger charge is -2.16. The molecule has 0 spiro atoms. The number of aryl methyl sites for hydroxylation is 1. The van der Waals surface area contributed by atoms with E-state index in [1.165, 1.54) is 18.2 Å². The molecule has 3 rings (SSSR count). The van der Waals surface area contributed by atoms with Crippen molar-refractivity contribution in [1.29, 1.82) is 0 Å². The number of carbonyl (C=O) groups is 1. The Kier molecular flexibility index (Phi) is 5.16. The van der Waals surface area contributed by atoms with Crippen molar-refractivity contribution in [3.05, 3.63) is 52.8 Å². The van der Waals surface area contributed by atoms with Crippen LogP contribution in [0.15, 0.2) is 30.7 Å². The van der Waals surface area contributed by atoms with Gasteiger partial charge >= 0.3 is 0 Å². The summed E-state index contributed by atoms with van der Waals surface area (Å²) >= 11 is 5.92. The quantitative estimate of drug-likeness (QED) is 0.901. The number of likely N-dealkylation sites (tertiary alicyclic amines) is 1. The third-order valence-electron chi connectivity index (χ3n) is 4.41. The van der Waals surface area contributed by atoms with Crippen molar-refractivity contribution >= 4 is 17.5 Å². The molecule has 24 heavy (non-hydrogen) atoms. The smallest absolute Gasteiger partial charge is 0.255 e. The van der Waals surface area contributed by atoms with Crippen LogP contribution in [0.2, 0.25) is 5.02 Å². The second kappa shape index (κ2) is 7.32. The molecule has 0 saturated carbocycles. The van der Waals surface area contributed by atoms with Gasteiger partial charge in [0.2, 0.25) is 0 Å². The van der Waals surface area contributed by atoms with Crippen LogP contribution in [0.1, 0.15) is 22.5 Å². The minimum Gasteiger partial charge on any atom is -0.352 e. The average Bonchev–Trinajstić information content (AvgIpc) is 3.15. The van der Waals surface area contributed by atoms with Crippen LogP contribution in [0, 0.1) is 11.7 Å². The molecule has 1 saturated heterocycles. The number of halogens is 2. The largest absolute Gasteiger partial charge is 0.352 e. The summed E-state index contributed by atoms with van der Waals surface area (Å²) in [6.45, 7) is 3.24. The van der Waals surface area contributed by atoms with Crippen LogP contribution < -0.4 is 5.32 Å². The molecule has 1 aromatic heterocycles. The molecule has 128 valence electrons. The van der Waals surface area contributed by atoms with E-state index in [-0.39, 0.29) is 10.6 Å². The highest BCUT2D eigenvalue weighted by Gasteiger charge is 2.24. The minimum absolute atomic E-state index is 0.0797. The molecule has 5 nitrogen and oxygen atoms in total. The fraction of sp³-hybridized carbons (Fsp3) is 0.412. The third kappa shape index (κ3) is 3.76. The third-order valence-corrected chi connectivity index (χ3v) is 4.73. The molecule has 0 bridgehead atoms. The van der Waals surface area contributed by atoms with Gasteiger partial charge in [-0.3, -0.25) is 9.69 Å². The van der Waals surface area contributed by atoms with Gasteiger partial charge in [0, 0.05) is 32.9 Å². The maximum absolute atomic E-state index is 13.8. The molecule has 1 aliphatic heterocycles. The number of hydrogen-bond donors (Lipinski definition) is 1. The molecule has 2 heterocycles. The summed E-state index contributed by atoms with van der Waals surface area (Å²) in [5.41, 5.74) is 1.08. The van der Waals surface area contributed by atoms with Gasteiger partial charge in [-0.25, -0.2) is 9.37 Å². The van der Waals surface area contributed by atoms with Crippen molar-refractivity contribution in [3.63, 3.8) is 0 Å². The molecule has 1 atom stereocenters. The van der Waals surface area contributed by atoms with Gasteiger partial charge in [0.05, 0.1) is 22.6 Å². The van der Waals surface area contributed by atoms with Crippen molar-refractivity contribution in [1.82, 2.24) is 19.8 Å². The minimum atomic E-state index is -0.593. The summed E-state index contributed by atoms with van der Waals surface area (Å²) in [7, 11) is 1.98. The van der Waals surface area contributed by atoms with Crippen LogP contribution in [0.4, 0.5) is 4.39 Å². The van der Waals surface area contributed by atoms with Crippen molar-refractivity contribution < 1.29 is 9.18 Å². The van der Waals surface area contributed by atoms with Crippen LogP contribution in [0.3, 0.4) is 0 Å². The van der Waals surface area contributed by atoms with Gasteiger partial charge in [0.1, 0.15) is 5.82 Å². The summed E-state index contributed by atoms with van der Waals surface area (Å²) in [6, 6.07) is 4.25. The maximum atomic E-state index is 13.8. The second-order valence-electron chi connectivity index (χ2n) is 6.19. The molecule has 1 unspecified atom stereocenters. The summed E-state index contributed by atoms with van der Waals surface area (Å²) in [6.07, 6.45) is 4.67. The topological polar surface area (TPSA) is 50.2 Å². The maximum Gasteiger partial charge on any atom is 0.255 e. The zero-order valence-corrected chi connectivity index (χ0v) is 14.3. The van der Waals surface area contributed by atoms with Crippen molar-refractivity contribution in [3.8, 4) is 0 Å². The van der Waals surface area contributed by atoms with Crippen LogP contribution in [-0.4, -0.2) is 40.0 Å². The zero-order valence-electron chi connectivity index (χ0n) is 13.5. The number of nitrogens with zero attached hydrogens (tertiary/aromatic N) is 3. The fourth-order valence-electron chi connectivity index (χ4n) is 3.03. The number of carbonyl (C=O) groups excluding carboxylic acids is 1. The molecule has 0 aliphatic carbocycles. The predicted octanol–water partition coefficient (Wildman–Crippen LogP) is 2.46. The van der Waals surface area contributed by atoms with Crippen molar-refractivity contribution in [2.45, 2.75) is 13.0 Å². The Bertz CT molecular complexity index is 713. The lowest BCUT2D eigenvalue weighted by atomic mass is 10.1. The van der Waals surface area contributed by atoms with E-state index < -0.39 is 11.7 Å². The van der Waals surface area contributed by atoms with Gasteiger partial charge in [-0.15, -0.1) is 0 Å². The molecule has 1 aromatic carbocycles. The Hall–Kier alpha value is -1.92. The van der Waals surface area contributed by atoms with Crippen LogP contribution in [0.5, 0.6) is 0 Å². The number of amides is 1. The first-order chi connectivity index (χ1) is 11.5.